The summed E-state index contributed by atoms with van der Waals surface area (Å²) in [5.41, 5.74) is 1.41. The molecule has 0 saturated heterocycles. The fourth-order valence-corrected chi connectivity index (χ4v) is 3.16. The Morgan fingerprint density at radius 3 is 2.76 bits per heavy atom. The Balaban J connectivity index is 2.13. The summed E-state index contributed by atoms with van der Waals surface area (Å²) < 4.78 is 11.0. The van der Waals surface area contributed by atoms with Crippen molar-refractivity contribution < 1.29 is 14.3 Å². The zero-order valence-electron chi connectivity index (χ0n) is 13.1. The van der Waals surface area contributed by atoms with Gasteiger partial charge in [-0.3, -0.25) is 0 Å². The number of carbonyl (C=O) groups excluding carboxylic acids is 1. The second-order valence-electron chi connectivity index (χ2n) is 5.99. The first-order valence-electron chi connectivity index (χ1n) is 7.52. The maximum atomic E-state index is 12.5. The van der Waals surface area contributed by atoms with Crippen LogP contribution in [0.4, 0.5) is 0 Å². The van der Waals surface area contributed by atoms with Gasteiger partial charge in [-0.2, -0.15) is 0 Å². The van der Waals surface area contributed by atoms with Crippen LogP contribution < -0.4 is 4.74 Å². The number of hydrogen-bond acceptors (Lipinski definition) is 3. The van der Waals surface area contributed by atoms with E-state index in [4.69, 9.17) is 9.47 Å². The summed E-state index contributed by atoms with van der Waals surface area (Å²) in [6.07, 6.45) is 4.86. The fourth-order valence-electron chi connectivity index (χ4n) is 3.16. The number of carbonyl (C=O) groups is 1. The van der Waals surface area contributed by atoms with E-state index in [9.17, 15) is 4.79 Å². The third kappa shape index (κ3) is 3.66. The van der Waals surface area contributed by atoms with Crippen LogP contribution in [0.2, 0.25) is 0 Å². The maximum Gasteiger partial charge on any atom is 0.342 e. The molecule has 0 aliphatic heterocycles. The van der Waals surface area contributed by atoms with Crippen LogP contribution in [0.15, 0.2) is 30.9 Å². The third-order valence-electron chi connectivity index (χ3n) is 4.20. The molecule has 1 fully saturated rings. The van der Waals surface area contributed by atoms with Crippen molar-refractivity contribution in [3.05, 3.63) is 42.0 Å². The standard InChI is InChI=1S/C18H24O3/c1-5-14-9-12(2)10-15(11-14)21-18(19)17-13(3)7-6-8-16(17)20-4/h5-8,12,14-15H,1,9-11H2,2-4H3. The van der Waals surface area contributed by atoms with E-state index >= 15 is 0 Å². The minimum Gasteiger partial charge on any atom is -0.496 e. The van der Waals surface area contributed by atoms with Crippen molar-refractivity contribution in [2.75, 3.05) is 7.11 Å². The van der Waals surface area contributed by atoms with Gasteiger partial charge in [-0.1, -0.05) is 25.1 Å². The number of rotatable bonds is 4. The highest BCUT2D eigenvalue weighted by Gasteiger charge is 2.29. The first-order chi connectivity index (χ1) is 10.0. The molecule has 2 rings (SSSR count). The smallest absolute Gasteiger partial charge is 0.342 e. The van der Waals surface area contributed by atoms with E-state index in [1.54, 1.807) is 13.2 Å². The summed E-state index contributed by atoms with van der Waals surface area (Å²) >= 11 is 0. The summed E-state index contributed by atoms with van der Waals surface area (Å²) in [5, 5.41) is 0. The molecule has 1 saturated carbocycles. The summed E-state index contributed by atoms with van der Waals surface area (Å²) in [7, 11) is 1.57. The molecule has 1 aliphatic carbocycles. The Morgan fingerprint density at radius 1 is 1.33 bits per heavy atom. The van der Waals surface area contributed by atoms with Gasteiger partial charge in [0, 0.05) is 0 Å². The highest BCUT2D eigenvalue weighted by atomic mass is 16.5. The molecular formula is C18H24O3. The Labute approximate surface area is 127 Å². The minimum atomic E-state index is -0.285. The van der Waals surface area contributed by atoms with Crippen molar-refractivity contribution >= 4 is 5.97 Å². The highest BCUT2D eigenvalue weighted by molar-refractivity contribution is 5.94. The number of benzene rings is 1. The van der Waals surface area contributed by atoms with E-state index in [2.05, 4.69) is 13.5 Å². The molecule has 21 heavy (non-hydrogen) atoms. The van der Waals surface area contributed by atoms with Crippen LogP contribution in [0.25, 0.3) is 0 Å². The Kier molecular flexibility index (Phi) is 5.05. The number of esters is 1. The Bertz CT molecular complexity index is 521. The van der Waals surface area contributed by atoms with Crippen molar-refractivity contribution in [1.29, 1.82) is 0 Å². The van der Waals surface area contributed by atoms with Gasteiger partial charge in [-0.05, 0) is 49.7 Å². The lowest BCUT2D eigenvalue weighted by Gasteiger charge is -2.31. The molecule has 0 heterocycles. The second-order valence-corrected chi connectivity index (χ2v) is 5.99. The van der Waals surface area contributed by atoms with Crippen molar-refractivity contribution in [3.63, 3.8) is 0 Å². The summed E-state index contributed by atoms with van der Waals surface area (Å²) in [6.45, 7) is 7.97. The van der Waals surface area contributed by atoms with Crippen LogP contribution in [-0.2, 0) is 4.74 Å². The van der Waals surface area contributed by atoms with Gasteiger partial charge in [0.2, 0.25) is 0 Å². The normalized spacial score (nSPS) is 25.2. The number of hydrogen-bond donors (Lipinski definition) is 0. The van der Waals surface area contributed by atoms with E-state index in [0.717, 1.165) is 24.8 Å². The van der Waals surface area contributed by atoms with Crippen LogP contribution in [0.3, 0.4) is 0 Å². The summed E-state index contributed by atoms with van der Waals surface area (Å²) in [4.78, 5) is 12.5. The third-order valence-corrected chi connectivity index (χ3v) is 4.20. The maximum absolute atomic E-state index is 12.5. The molecule has 3 unspecified atom stereocenters. The van der Waals surface area contributed by atoms with Gasteiger partial charge in [0.25, 0.3) is 0 Å². The van der Waals surface area contributed by atoms with E-state index in [0.29, 0.717) is 23.1 Å². The van der Waals surface area contributed by atoms with Crippen molar-refractivity contribution in [2.45, 2.75) is 39.2 Å². The van der Waals surface area contributed by atoms with Crippen molar-refractivity contribution in [1.82, 2.24) is 0 Å². The fraction of sp³-hybridized carbons (Fsp3) is 0.500. The molecule has 0 bridgehead atoms. The first-order valence-corrected chi connectivity index (χ1v) is 7.52. The van der Waals surface area contributed by atoms with Crippen LogP contribution in [-0.4, -0.2) is 19.2 Å². The Hall–Kier alpha value is -1.77. The van der Waals surface area contributed by atoms with E-state index in [1.165, 1.54) is 0 Å². The van der Waals surface area contributed by atoms with Crippen LogP contribution in [0.1, 0.15) is 42.1 Å². The molecule has 0 spiro atoms. The lowest BCUT2D eigenvalue weighted by Crippen LogP contribution is -2.29. The van der Waals surface area contributed by atoms with Gasteiger partial charge >= 0.3 is 5.97 Å². The quantitative estimate of drug-likeness (QED) is 0.616. The molecule has 3 heteroatoms. The van der Waals surface area contributed by atoms with Crippen LogP contribution in [0.5, 0.6) is 5.75 Å². The molecule has 0 amide bonds. The predicted molar refractivity (Wildman–Crippen MR) is 83.6 cm³/mol. The van der Waals surface area contributed by atoms with E-state index in [1.807, 2.05) is 25.1 Å². The second kappa shape index (κ2) is 6.79. The monoisotopic (exact) mass is 288 g/mol. The topological polar surface area (TPSA) is 35.5 Å². The highest BCUT2D eigenvalue weighted by Crippen LogP contribution is 2.32. The number of aryl methyl sites for hydroxylation is 1. The van der Waals surface area contributed by atoms with Gasteiger partial charge in [-0.25, -0.2) is 4.79 Å². The first kappa shape index (κ1) is 15.6. The number of methoxy groups -OCH3 is 1. The van der Waals surface area contributed by atoms with Gasteiger partial charge in [0.15, 0.2) is 0 Å². The lowest BCUT2D eigenvalue weighted by molar-refractivity contribution is 0.00987. The summed E-state index contributed by atoms with van der Waals surface area (Å²) in [5.74, 6) is 1.28. The summed E-state index contributed by atoms with van der Waals surface area (Å²) in [6, 6.07) is 5.57. The largest absolute Gasteiger partial charge is 0.496 e. The molecule has 114 valence electrons. The molecule has 3 atom stereocenters. The average Bonchev–Trinajstić information content (AvgIpc) is 2.45. The van der Waals surface area contributed by atoms with Gasteiger partial charge in [0.05, 0.1) is 7.11 Å². The molecule has 0 radical (unpaired) electrons. The van der Waals surface area contributed by atoms with Crippen molar-refractivity contribution in [2.24, 2.45) is 11.8 Å². The molecule has 1 aliphatic rings. The molecule has 0 N–H and O–H groups in total. The zero-order valence-corrected chi connectivity index (χ0v) is 13.1. The Morgan fingerprint density at radius 2 is 2.10 bits per heavy atom. The minimum absolute atomic E-state index is 0.0337. The molecule has 3 nitrogen and oxygen atoms in total. The number of ether oxygens (including phenoxy) is 2. The van der Waals surface area contributed by atoms with Gasteiger partial charge < -0.3 is 9.47 Å². The molecular weight excluding hydrogens is 264 g/mol. The van der Waals surface area contributed by atoms with Crippen LogP contribution in [0, 0.1) is 18.8 Å². The van der Waals surface area contributed by atoms with Crippen molar-refractivity contribution in [3.8, 4) is 5.75 Å². The van der Waals surface area contributed by atoms with E-state index in [-0.39, 0.29) is 12.1 Å². The van der Waals surface area contributed by atoms with Gasteiger partial charge in [0.1, 0.15) is 17.4 Å². The SMILES string of the molecule is C=CC1CC(C)CC(OC(=O)c2c(C)cccc2OC)C1. The molecule has 1 aromatic carbocycles. The molecule has 1 aromatic rings. The number of allylic oxidation sites excluding steroid dienone is 1. The van der Waals surface area contributed by atoms with Gasteiger partial charge in [-0.15, -0.1) is 6.58 Å². The lowest BCUT2D eigenvalue weighted by atomic mass is 9.81. The van der Waals surface area contributed by atoms with Crippen LogP contribution >= 0.6 is 0 Å². The zero-order chi connectivity index (χ0) is 15.4. The average molecular weight is 288 g/mol. The predicted octanol–water partition coefficient (Wildman–Crippen LogP) is 4.15. The van der Waals surface area contributed by atoms with E-state index < -0.39 is 0 Å². The molecule has 0 aromatic heterocycles.